The lowest BCUT2D eigenvalue weighted by atomic mass is 9.70. The minimum absolute atomic E-state index is 0.0326. The predicted molar refractivity (Wildman–Crippen MR) is 206 cm³/mol. The number of amides is 4. The van der Waals surface area contributed by atoms with Crippen molar-refractivity contribution in [3.8, 4) is 0 Å². The number of benzene rings is 1. The van der Waals surface area contributed by atoms with Crippen molar-refractivity contribution >= 4 is 24.0 Å². The Morgan fingerprint density at radius 2 is 1.52 bits per heavy atom. The molecule has 8 saturated heterocycles. The first kappa shape index (κ1) is 38.1. The standard InChI is InChI=1S/C43H61FN6O6/c1-3-55-40(53)49-29-8-9-30(49)21-32(20-29)47-15-13-43(14-16-47)25-38(52)46-36(43)19-27-6-5-7-28(18-27)35-23-42(24-37(51)45-26-42)12-17-48(35)34-22-31-10-11-33(39(34)44)50(31)41(54)56-4-2/h5-7,18,29-36,39H,3-4,8-17,19-26H2,1-2H3,(H,45,51)(H,46,52). The lowest BCUT2D eigenvalue weighted by molar-refractivity contribution is -0.121. The van der Waals surface area contributed by atoms with Crippen molar-refractivity contribution in [2.75, 3.05) is 39.4 Å². The second-order valence-corrected chi connectivity index (χ2v) is 18.6. The number of fused-ring (bicyclic) bond motifs is 4. The van der Waals surface area contributed by atoms with Crippen molar-refractivity contribution in [2.24, 2.45) is 10.8 Å². The van der Waals surface area contributed by atoms with Gasteiger partial charge in [-0.25, -0.2) is 14.0 Å². The summed E-state index contributed by atoms with van der Waals surface area (Å²) in [6.45, 7) is 7.62. The van der Waals surface area contributed by atoms with Crippen molar-refractivity contribution < 1.29 is 33.0 Å². The second-order valence-electron chi connectivity index (χ2n) is 18.6. The van der Waals surface area contributed by atoms with Crippen LogP contribution in [-0.2, 0) is 25.5 Å². The van der Waals surface area contributed by atoms with Gasteiger partial charge in [-0.05, 0) is 127 Å². The third-order valence-electron chi connectivity index (χ3n) is 15.7. The first-order chi connectivity index (χ1) is 27.1. The molecule has 0 saturated carbocycles. The molecule has 8 fully saturated rings. The van der Waals surface area contributed by atoms with E-state index in [9.17, 15) is 19.2 Å². The van der Waals surface area contributed by atoms with E-state index < -0.39 is 18.3 Å². The van der Waals surface area contributed by atoms with Gasteiger partial charge in [0.1, 0.15) is 6.17 Å². The van der Waals surface area contributed by atoms with Crippen LogP contribution in [0.15, 0.2) is 24.3 Å². The number of rotatable bonds is 7. The molecule has 9 rings (SSSR count). The van der Waals surface area contributed by atoms with E-state index in [0.29, 0.717) is 51.4 Å². The van der Waals surface area contributed by atoms with E-state index in [1.165, 1.54) is 5.56 Å². The lowest BCUT2D eigenvalue weighted by Gasteiger charge is -2.52. The van der Waals surface area contributed by atoms with Gasteiger partial charge in [0, 0.05) is 67.1 Å². The molecular formula is C43H61FN6O6. The van der Waals surface area contributed by atoms with E-state index in [1.54, 1.807) is 11.8 Å². The number of ether oxygens (including phenoxy) is 2. The SMILES string of the molecule is CCOC(=O)N1C2CCC1CC(N1CCC3(CC1)CC(=O)NC3Cc1cccc(C3CC4(CCN3C3CC5CCC(C3F)N5C(=O)OCC)CNC(=O)C4)c1)C2. The van der Waals surface area contributed by atoms with E-state index in [4.69, 9.17) is 9.47 Å². The van der Waals surface area contributed by atoms with Crippen LogP contribution in [0.2, 0.25) is 0 Å². The first-order valence-electron chi connectivity index (χ1n) is 21.8. The van der Waals surface area contributed by atoms with Crippen molar-refractivity contribution in [1.82, 2.24) is 30.2 Å². The van der Waals surface area contributed by atoms with Crippen molar-refractivity contribution in [3.63, 3.8) is 0 Å². The summed E-state index contributed by atoms with van der Waals surface area (Å²) in [5, 5.41) is 6.49. The Morgan fingerprint density at radius 1 is 0.821 bits per heavy atom. The first-order valence-corrected chi connectivity index (χ1v) is 21.8. The molecule has 306 valence electrons. The average molecular weight is 777 g/mol. The number of carbonyl (C=O) groups excluding carboxylic acids is 4. The van der Waals surface area contributed by atoms with Gasteiger partial charge in [0.2, 0.25) is 11.8 Å². The van der Waals surface area contributed by atoms with Gasteiger partial charge in [-0.2, -0.15) is 0 Å². The number of carbonyl (C=O) groups is 4. The topological polar surface area (TPSA) is 124 Å². The largest absolute Gasteiger partial charge is 0.450 e. The zero-order valence-electron chi connectivity index (χ0n) is 33.3. The predicted octanol–water partition coefficient (Wildman–Crippen LogP) is 5.09. The monoisotopic (exact) mass is 776 g/mol. The van der Waals surface area contributed by atoms with Crippen LogP contribution in [0.3, 0.4) is 0 Å². The van der Waals surface area contributed by atoms with Crippen LogP contribution in [0.1, 0.15) is 114 Å². The van der Waals surface area contributed by atoms with Gasteiger partial charge in [-0.1, -0.05) is 24.3 Å². The van der Waals surface area contributed by atoms with Crippen LogP contribution in [0.5, 0.6) is 0 Å². The minimum atomic E-state index is -1.18. The van der Waals surface area contributed by atoms with Gasteiger partial charge in [-0.3, -0.25) is 19.4 Å². The highest BCUT2D eigenvalue weighted by molar-refractivity contribution is 5.80. The van der Waals surface area contributed by atoms with Crippen LogP contribution in [0, 0.1) is 10.8 Å². The Morgan fingerprint density at radius 3 is 2.21 bits per heavy atom. The molecule has 4 amide bonds. The molecule has 9 unspecified atom stereocenters. The molecule has 8 heterocycles. The van der Waals surface area contributed by atoms with Crippen molar-refractivity contribution in [3.05, 3.63) is 35.4 Å². The average Bonchev–Trinajstić information content (AvgIpc) is 3.90. The summed E-state index contributed by atoms with van der Waals surface area (Å²) in [7, 11) is 0. The van der Waals surface area contributed by atoms with Crippen LogP contribution in [0.4, 0.5) is 14.0 Å². The third-order valence-corrected chi connectivity index (χ3v) is 15.7. The number of alkyl halides is 1. The summed E-state index contributed by atoms with van der Waals surface area (Å²) in [6.07, 6.45) is 9.72. The molecule has 8 aliphatic heterocycles. The summed E-state index contributed by atoms with van der Waals surface area (Å²) >= 11 is 0. The molecule has 0 aliphatic carbocycles. The van der Waals surface area contributed by atoms with E-state index in [1.807, 2.05) is 11.8 Å². The molecule has 0 aromatic heterocycles. The van der Waals surface area contributed by atoms with Crippen LogP contribution < -0.4 is 10.6 Å². The highest BCUT2D eigenvalue weighted by Gasteiger charge is 2.56. The van der Waals surface area contributed by atoms with Crippen LogP contribution in [-0.4, -0.2) is 131 Å². The molecule has 2 N–H and O–H groups in total. The fourth-order valence-electron chi connectivity index (χ4n) is 12.9. The number of nitrogens with zero attached hydrogens (tertiary/aromatic N) is 4. The third kappa shape index (κ3) is 6.75. The van der Waals surface area contributed by atoms with Gasteiger partial charge in [0.25, 0.3) is 0 Å². The summed E-state index contributed by atoms with van der Waals surface area (Å²) < 4.78 is 27.5. The maximum absolute atomic E-state index is 16.7. The quantitative estimate of drug-likeness (QED) is 0.393. The van der Waals surface area contributed by atoms with Gasteiger partial charge in [0.15, 0.2) is 0 Å². The summed E-state index contributed by atoms with van der Waals surface area (Å²) in [6, 6.07) is 8.87. The maximum Gasteiger partial charge on any atom is 0.410 e. The summed E-state index contributed by atoms with van der Waals surface area (Å²) in [5.41, 5.74) is 2.06. The molecule has 2 spiro atoms. The number of piperidine rings is 4. The minimum Gasteiger partial charge on any atom is -0.450 e. The maximum atomic E-state index is 16.7. The fraction of sp³-hybridized carbons (Fsp3) is 0.767. The van der Waals surface area contributed by atoms with Crippen molar-refractivity contribution in [1.29, 1.82) is 0 Å². The molecular weight excluding hydrogens is 716 g/mol. The Kier molecular flexibility index (Phi) is 10.2. The second kappa shape index (κ2) is 15.1. The molecule has 56 heavy (non-hydrogen) atoms. The van der Waals surface area contributed by atoms with E-state index >= 15 is 4.39 Å². The highest BCUT2D eigenvalue weighted by Crippen LogP contribution is 2.51. The smallest absolute Gasteiger partial charge is 0.410 e. The zero-order chi connectivity index (χ0) is 38.8. The van der Waals surface area contributed by atoms with Gasteiger partial charge in [0.05, 0.1) is 19.3 Å². The van der Waals surface area contributed by atoms with Crippen molar-refractivity contribution in [2.45, 2.75) is 158 Å². The molecule has 13 heteroatoms. The van der Waals surface area contributed by atoms with Crippen LogP contribution >= 0.6 is 0 Å². The molecule has 4 bridgehead atoms. The summed E-state index contributed by atoms with van der Waals surface area (Å²) in [5.74, 6) is 0.231. The zero-order valence-corrected chi connectivity index (χ0v) is 33.3. The molecule has 9 atom stereocenters. The fourth-order valence-corrected chi connectivity index (χ4v) is 12.9. The summed E-state index contributed by atoms with van der Waals surface area (Å²) in [4.78, 5) is 60.0. The highest BCUT2D eigenvalue weighted by atomic mass is 19.1. The molecule has 12 nitrogen and oxygen atoms in total. The number of halogens is 1. The Balaban J connectivity index is 0.905. The Labute approximate surface area is 330 Å². The number of hydrogen-bond acceptors (Lipinski definition) is 8. The number of nitrogens with one attached hydrogen (secondary N) is 2. The van der Waals surface area contributed by atoms with Gasteiger partial charge in [-0.15, -0.1) is 0 Å². The van der Waals surface area contributed by atoms with E-state index in [-0.39, 0.29) is 71.6 Å². The Hall–Kier alpha value is -3.45. The lowest BCUT2D eigenvalue weighted by Crippen LogP contribution is -2.61. The van der Waals surface area contributed by atoms with Gasteiger partial charge < -0.3 is 29.9 Å². The molecule has 1 aromatic carbocycles. The Bertz CT molecular complexity index is 1670. The van der Waals surface area contributed by atoms with Crippen LogP contribution in [0.25, 0.3) is 0 Å². The molecule has 1 aromatic rings. The number of hydrogen-bond donors (Lipinski definition) is 2. The van der Waals surface area contributed by atoms with Gasteiger partial charge >= 0.3 is 12.2 Å². The van der Waals surface area contributed by atoms with E-state index in [2.05, 4.69) is 44.7 Å². The number of likely N-dealkylation sites (tertiary alicyclic amines) is 2. The molecule has 8 aliphatic rings. The van der Waals surface area contributed by atoms with E-state index in [0.717, 1.165) is 82.9 Å². The normalized spacial score (nSPS) is 37.9. The molecule has 0 radical (unpaired) electrons.